The lowest BCUT2D eigenvalue weighted by molar-refractivity contribution is -0.0698. The zero-order valence-electron chi connectivity index (χ0n) is 9.23. The molecule has 0 spiro atoms. The molecule has 1 aromatic carbocycles. The molecule has 1 saturated heterocycles. The van der Waals surface area contributed by atoms with Gasteiger partial charge in [-0.15, -0.1) is 0 Å². The van der Waals surface area contributed by atoms with Crippen LogP contribution in [0.25, 0.3) is 0 Å². The summed E-state index contributed by atoms with van der Waals surface area (Å²) in [5.74, 6) is 0. The lowest BCUT2D eigenvalue weighted by Crippen LogP contribution is -2.20. The molecule has 0 aliphatic carbocycles. The summed E-state index contributed by atoms with van der Waals surface area (Å²) in [6, 6.07) is 5.22. The lowest BCUT2D eigenvalue weighted by atomic mass is 10.1. The Morgan fingerprint density at radius 1 is 1.29 bits per heavy atom. The van der Waals surface area contributed by atoms with Crippen LogP contribution in [0.3, 0.4) is 0 Å². The Kier molecular flexibility index (Phi) is 4.65. The van der Waals surface area contributed by atoms with Gasteiger partial charge in [-0.1, -0.05) is 23.2 Å². The molecule has 94 valence electrons. The first-order valence-electron chi connectivity index (χ1n) is 5.50. The van der Waals surface area contributed by atoms with Gasteiger partial charge < -0.3 is 14.6 Å². The normalized spacial score (nSPS) is 18.5. The van der Waals surface area contributed by atoms with Crippen molar-refractivity contribution < 1.29 is 14.6 Å². The topological polar surface area (TPSA) is 38.7 Å². The number of ether oxygens (including phenoxy) is 2. The fraction of sp³-hybridized carbons (Fsp3) is 0.500. The van der Waals surface area contributed by atoms with Crippen LogP contribution < -0.4 is 0 Å². The average Bonchev–Trinajstić information content (AvgIpc) is 2.76. The van der Waals surface area contributed by atoms with E-state index in [0.29, 0.717) is 36.1 Å². The average molecular weight is 277 g/mol. The first kappa shape index (κ1) is 13.1. The SMILES string of the molecule is OC(Cc1cc(Cl)ccc1Cl)CC1OCCO1. The molecule has 1 atom stereocenters. The molecule has 1 aliphatic heterocycles. The van der Waals surface area contributed by atoms with E-state index >= 15 is 0 Å². The van der Waals surface area contributed by atoms with Crippen LogP contribution in [0.4, 0.5) is 0 Å². The van der Waals surface area contributed by atoms with E-state index in [1.807, 2.05) is 0 Å². The predicted molar refractivity (Wildman–Crippen MR) is 66.5 cm³/mol. The van der Waals surface area contributed by atoms with Crippen molar-refractivity contribution in [3.63, 3.8) is 0 Å². The highest BCUT2D eigenvalue weighted by Crippen LogP contribution is 2.23. The van der Waals surface area contributed by atoms with E-state index < -0.39 is 6.10 Å². The standard InChI is InChI=1S/C12H14Cl2O3/c13-9-1-2-11(14)8(5-9)6-10(15)7-12-16-3-4-17-12/h1-2,5,10,12,15H,3-4,6-7H2. The molecular weight excluding hydrogens is 263 g/mol. The Morgan fingerprint density at radius 3 is 2.71 bits per heavy atom. The third kappa shape index (κ3) is 3.83. The zero-order chi connectivity index (χ0) is 12.3. The summed E-state index contributed by atoms with van der Waals surface area (Å²) >= 11 is 11.9. The van der Waals surface area contributed by atoms with Gasteiger partial charge in [0.1, 0.15) is 0 Å². The van der Waals surface area contributed by atoms with Gasteiger partial charge in [0.25, 0.3) is 0 Å². The van der Waals surface area contributed by atoms with Crippen molar-refractivity contribution in [2.75, 3.05) is 13.2 Å². The first-order chi connectivity index (χ1) is 8.15. The van der Waals surface area contributed by atoms with Crippen LogP contribution in [0.2, 0.25) is 10.0 Å². The number of benzene rings is 1. The molecule has 5 heteroatoms. The maximum atomic E-state index is 9.92. The summed E-state index contributed by atoms with van der Waals surface area (Å²) < 4.78 is 10.5. The van der Waals surface area contributed by atoms with Gasteiger partial charge in [0.2, 0.25) is 0 Å². The molecule has 1 unspecified atom stereocenters. The molecule has 0 radical (unpaired) electrons. The highest BCUT2D eigenvalue weighted by Gasteiger charge is 2.20. The van der Waals surface area contributed by atoms with E-state index in [1.165, 1.54) is 0 Å². The molecule has 1 N–H and O–H groups in total. The van der Waals surface area contributed by atoms with Crippen LogP contribution in [0, 0.1) is 0 Å². The van der Waals surface area contributed by atoms with Crippen molar-refractivity contribution in [3.05, 3.63) is 33.8 Å². The monoisotopic (exact) mass is 276 g/mol. The number of halogens is 2. The van der Waals surface area contributed by atoms with Gasteiger partial charge >= 0.3 is 0 Å². The summed E-state index contributed by atoms with van der Waals surface area (Å²) in [7, 11) is 0. The molecule has 1 fully saturated rings. The van der Waals surface area contributed by atoms with Crippen molar-refractivity contribution in [3.8, 4) is 0 Å². The van der Waals surface area contributed by atoms with Crippen molar-refractivity contribution in [1.29, 1.82) is 0 Å². The molecular formula is C12H14Cl2O3. The number of aliphatic hydroxyl groups excluding tert-OH is 1. The molecule has 3 nitrogen and oxygen atoms in total. The van der Waals surface area contributed by atoms with Gasteiger partial charge in [-0.2, -0.15) is 0 Å². The minimum absolute atomic E-state index is 0.303. The molecule has 1 aromatic rings. The molecule has 0 saturated carbocycles. The van der Waals surface area contributed by atoms with E-state index in [4.69, 9.17) is 32.7 Å². The van der Waals surface area contributed by atoms with E-state index in [9.17, 15) is 5.11 Å². The number of hydrogen-bond acceptors (Lipinski definition) is 3. The van der Waals surface area contributed by atoms with Gasteiger partial charge in [-0.25, -0.2) is 0 Å². The molecule has 1 aliphatic rings. The first-order valence-corrected chi connectivity index (χ1v) is 6.26. The van der Waals surface area contributed by atoms with Gasteiger partial charge in [0.05, 0.1) is 19.3 Å². The van der Waals surface area contributed by atoms with Crippen molar-refractivity contribution in [1.82, 2.24) is 0 Å². The quantitative estimate of drug-likeness (QED) is 0.919. The van der Waals surface area contributed by atoms with Gasteiger partial charge in [0.15, 0.2) is 6.29 Å². The summed E-state index contributed by atoms with van der Waals surface area (Å²) in [6.45, 7) is 1.19. The summed E-state index contributed by atoms with van der Waals surface area (Å²) in [4.78, 5) is 0. The fourth-order valence-electron chi connectivity index (χ4n) is 1.80. The third-order valence-corrected chi connectivity index (χ3v) is 3.22. The molecule has 0 amide bonds. The summed E-state index contributed by atoms with van der Waals surface area (Å²) in [5, 5.41) is 11.1. The van der Waals surface area contributed by atoms with E-state index in [-0.39, 0.29) is 6.29 Å². The second-order valence-corrected chi connectivity index (χ2v) is 4.84. The maximum absolute atomic E-state index is 9.92. The number of rotatable bonds is 4. The number of aliphatic hydroxyl groups is 1. The Hall–Kier alpha value is -0.320. The Morgan fingerprint density at radius 2 is 2.00 bits per heavy atom. The lowest BCUT2D eigenvalue weighted by Gasteiger charge is -2.15. The molecule has 0 aromatic heterocycles. The fourth-order valence-corrected chi connectivity index (χ4v) is 2.19. The Balaban J connectivity index is 1.92. The van der Waals surface area contributed by atoms with E-state index in [1.54, 1.807) is 18.2 Å². The third-order valence-electron chi connectivity index (χ3n) is 2.62. The smallest absolute Gasteiger partial charge is 0.160 e. The highest BCUT2D eigenvalue weighted by molar-refractivity contribution is 6.33. The highest BCUT2D eigenvalue weighted by atomic mass is 35.5. The van der Waals surface area contributed by atoms with Gasteiger partial charge in [-0.05, 0) is 23.8 Å². The molecule has 1 heterocycles. The maximum Gasteiger partial charge on any atom is 0.160 e. The second-order valence-electron chi connectivity index (χ2n) is 4.00. The van der Waals surface area contributed by atoms with Crippen LogP contribution in [0.5, 0.6) is 0 Å². The summed E-state index contributed by atoms with van der Waals surface area (Å²) in [6.07, 6.45) is 0.0443. The predicted octanol–water partition coefficient (Wildman–Crippen LogP) is 2.66. The van der Waals surface area contributed by atoms with E-state index in [0.717, 1.165) is 5.56 Å². The second kappa shape index (κ2) is 6.03. The number of hydrogen-bond donors (Lipinski definition) is 1. The largest absolute Gasteiger partial charge is 0.393 e. The van der Waals surface area contributed by atoms with Crippen molar-refractivity contribution in [2.45, 2.75) is 25.2 Å². The van der Waals surface area contributed by atoms with Crippen molar-refractivity contribution in [2.24, 2.45) is 0 Å². The van der Waals surface area contributed by atoms with Crippen LogP contribution in [0.15, 0.2) is 18.2 Å². The van der Waals surface area contributed by atoms with Crippen LogP contribution in [0.1, 0.15) is 12.0 Å². The van der Waals surface area contributed by atoms with E-state index in [2.05, 4.69) is 0 Å². The van der Waals surface area contributed by atoms with Crippen LogP contribution >= 0.6 is 23.2 Å². The van der Waals surface area contributed by atoms with Gasteiger partial charge in [-0.3, -0.25) is 0 Å². The Labute approximate surface area is 110 Å². The van der Waals surface area contributed by atoms with Crippen molar-refractivity contribution >= 4 is 23.2 Å². The summed E-state index contributed by atoms with van der Waals surface area (Å²) in [5.41, 5.74) is 0.838. The minimum atomic E-state index is -0.547. The van der Waals surface area contributed by atoms with Gasteiger partial charge in [0, 0.05) is 22.9 Å². The Bertz CT molecular complexity index is 378. The minimum Gasteiger partial charge on any atom is -0.393 e. The molecule has 2 rings (SSSR count). The molecule has 0 bridgehead atoms. The zero-order valence-corrected chi connectivity index (χ0v) is 10.7. The van der Waals surface area contributed by atoms with Crippen LogP contribution in [-0.2, 0) is 15.9 Å². The molecule has 17 heavy (non-hydrogen) atoms. The van der Waals surface area contributed by atoms with Crippen LogP contribution in [-0.4, -0.2) is 30.7 Å².